The summed E-state index contributed by atoms with van der Waals surface area (Å²) in [7, 11) is 0. The lowest BCUT2D eigenvalue weighted by molar-refractivity contribution is 0.0140. The van der Waals surface area contributed by atoms with Crippen LogP contribution in [0.4, 0.5) is 0 Å². The molecule has 0 radical (unpaired) electrons. The molecule has 1 rings (SSSR count). The Morgan fingerprint density at radius 1 is 1.75 bits per heavy atom. The monoisotopic (exact) mass is 233 g/mol. The molecule has 0 spiro atoms. The summed E-state index contributed by atoms with van der Waals surface area (Å²) >= 11 is 3.33. The van der Waals surface area contributed by atoms with E-state index in [1.165, 1.54) is 0 Å². The van der Waals surface area contributed by atoms with E-state index in [0.717, 1.165) is 30.5 Å². The molecule has 3 heteroatoms. The summed E-state index contributed by atoms with van der Waals surface area (Å²) in [5, 5.41) is 3.43. The van der Waals surface area contributed by atoms with Gasteiger partial charge >= 0.3 is 0 Å². The topological polar surface area (TPSA) is 21.3 Å². The van der Waals surface area contributed by atoms with Gasteiger partial charge in [0.15, 0.2) is 0 Å². The molecule has 1 N–H and O–H groups in total. The molecule has 2 nitrogen and oxygen atoms in total. The summed E-state index contributed by atoms with van der Waals surface area (Å²) in [5.41, 5.74) is 0. The van der Waals surface area contributed by atoms with Crippen molar-refractivity contribution in [1.82, 2.24) is 5.32 Å². The molecule has 0 aromatic heterocycles. The molecule has 1 aliphatic heterocycles. The van der Waals surface area contributed by atoms with Gasteiger partial charge in [0.25, 0.3) is 0 Å². The van der Waals surface area contributed by atoms with Crippen LogP contribution in [0.1, 0.15) is 19.8 Å². The molecule has 0 aromatic carbocycles. The van der Waals surface area contributed by atoms with Crippen LogP contribution in [0.5, 0.6) is 0 Å². The maximum atomic E-state index is 5.44. The third kappa shape index (κ3) is 3.70. The van der Waals surface area contributed by atoms with Gasteiger partial charge in [0, 0.05) is 23.7 Å². The molecule has 1 aliphatic rings. The van der Waals surface area contributed by atoms with Crippen LogP contribution in [0.15, 0.2) is 11.1 Å². The molecular formula is C9H16BrNO. The molecule has 1 heterocycles. The summed E-state index contributed by atoms with van der Waals surface area (Å²) in [6.07, 6.45) is 2.63. The molecule has 1 saturated heterocycles. The second-order valence-electron chi connectivity index (χ2n) is 3.30. The van der Waals surface area contributed by atoms with Gasteiger partial charge in [-0.2, -0.15) is 0 Å². The smallest absolute Gasteiger partial charge is 0.0561 e. The van der Waals surface area contributed by atoms with Gasteiger partial charge in [-0.1, -0.05) is 22.5 Å². The second kappa shape index (κ2) is 5.00. The molecule has 1 fully saturated rings. The first-order valence-electron chi connectivity index (χ1n) is 4.36. The highest BCUT2D eigenvalue weighted by molar-refractivity contribution is 9.11. The fourth-order valence-electron chi connectivity index (χ4n) is 1.44. The molecular weight excluding hydrogens is 218 g/mol. The van der Waals surface area contributed by atoms with Crippen molar-refractivity contribution in [1.29, 1.82) is 0 Å². The minimum atomic E-state index is 0.403. The van der Waals surface area contributed by atoms with Crippen molar-refractivity contribution >= 4 is 15.9 Å². The number of hydrogen-bond acceptors (Lipinski definition) is 2. The minimum absolute atomic E-state index is 0.403. The average Bonchev–Trinajstić information content (AvgIpc) is 2.01. The second-order valence-corrected chi connectivity index (χ2v) is 4.42. The first kappa shape index (κ1) is 10.2. The Kier molecular flexibility index (Phi) is 4.26. The van der Waals surface area contributed by atoms with E-state index in [1.807, 2.05) is 0 Å². The van der Waals surface area contributed by atoms with Crippen LogP contribution in [0, 0.1) is 0 Å². The SMILES string of the molecule is C=C(Br)CNC1CCOC(C)C1. The van der Waals surface area contributed by atoms with Crippen molar-refractivity contribution < 1.29 is 4.74 Å². The number of rotatable bonds is 3. The summed E-state index contributed by atoms with van der Waals surface area (Å²) in [4.78, 5) is 0. The quantitative estimate of drug-likeness (QED) is 0.806. The van der Waals surface area contributed by atoms with Gasteiger partial charge in [-0.25, -0.2) is 0 Å². The predicted molar refractivity (Wildman–Crippen MR) is 54.5 cm³/mol. The highest BCUT2D eigenvalue weighted by atomic mass is 79.9. The average molecular weight is 234 g/mol. The number of hydrogen-bond donors (Lipinski definition) is 1. The van der Waals surface area contributed by atoms with Crippen molar-refractivity contribution in [3.63, 3.8) is 0 Å². The lowest BCUT2D eigenvalue weighted by Gasteiger charge is -2.27. The van der Waals surface area contributed by atoms with Crippen molar-refractivity contribution in [2.24, 2.45) is 0 Å². The number of halogens is 1. The first-order valence-corrected chi connectivity index (χ1v) is 5.16. The highest BCUT2D eigenvalue weighted by Crippen LogP contribution is 2.13. The van der Waals surface area contributed by atoms with Crippen molar-refractivity contribution in [3.8, 4) is 0 Å². The molecule has 0 amide bonds. The Labute approximate surface area is 82.5 Å². The zero-order valence-corrected chi connectivity index (χ0v) is 9.06. The van der Waals surface area contributed by atoms with Crippen LogP contribution >= 0.6 is 15.9 Å². The van der Waals surface area contributed by atoms with Gasteiger partial charge in [0.05, 0.1) is 6.10 Å². The third-order valence-electron chi connectivity index (χ3n) is 2.07. The van der Waals surface area contributed by atoms with Gasteiger partial charge in [-0.3, -0.25) is 0 Å². The van der Waals surface area contributed by atoms with E-state index in [0.29, 0.717) is 12.1 Å². The summed E-state index contributed by atoms with van der Waals surface area (Å²) in [5.74, 6) is 0. The summed E-state index contributed by atoms with van der Waals surface area (Å²) in [6, 6.07) is 0.600. The van der Waals surface area contributed by atoms with Gasteiger partial charge in [0.2, 0.25) is 0 Å². The van der Waals surface area contributed by atoms with E-state index in [4.69, 9.17) is 4.74 Å². The fourth-order valence-corrected chi connectivity index (χ4v) is 1.60. The van der Waals surface area contributed by atoms with Crippen LogP contribution in [-0.2, 0) is 4.74 Å². The zero-order valence-electron chi connectivity index (χ0n) is 7.48. The molecule has 12 heavy (non-hydrogen) atoms. The maximum Gasteiger partial charge on any atom is 0.0561 e. The Morgan fingerprint density at radius 3 is 3.08 bits per heavy atom. The molecule has 2 atom stereocenters. The zero-order chi connectivity index (χ0) is 8.97. The van der Waals surface area contributed by atoms with E-state index < -0.39 is 0 Å². The van der Waals surface area contributed by atoms with E-state index >= 15 is 0 Å². The first-order chi connectivity index (χ1) is 5.68. The molecule has 0 saturated carbocycles. The largest absolute Gasteiger partial charge is 0.378 e. The van der Waals surface area contributed by atoms with Crippen LogP contribution < -0.4 is 5.32 Å². The van der Waals surface area contributed by atoms with E-state index in [2.05, 4.69) is 34.7 Å². The number of nitrogens with one attached hydrogen (secondary N) is 1. The lowest BCUT2D eigenvalue weighted by atomic mass is 10.0. The van der Waals surface area contributed by atoms with Gasteiger partial charge in [0.1, 0.15) is 0 Å². The van der Waals surface area contributed by atoms with Gasteiger partial charge in [-0.15, -0.1) is 0 Å². The Hall–Kier alpha value is 0.140. The Morgan fingerprint density at radius 2 is 2.50 bits per heavy atom. The molecule has 0 aromatic rings. The third-order valence-corrected chi connectivity index (χ3v) is 2.35. The van der Waals surface area contributed by atoms with E-state index in [1.54, 1.807) is 0 Å². The van der Waals surface area contributed by atoms with Gasteiger partial charge < -0.3 is 10.1 Å². The van der Waals surface area contributed by atoms with E-state index in [9.17, 15) is 0 Å². The Balaban J connectivity index is 2.18. The maximum absolute atomic E-state index is 5.44. The van der Waals surface area contributed by atoms with Crippen molar-refractivity contribution in [2.45, 2.75) is 31.9 Å². The fraction of sp³-hybridized carbons (Fsp3) is 0.778. The molecule has 0 bridgehead atoms. The normalized spacial score (nSPS) is 30.2. The predicted octanol–water partition coefficient (Wildman–Crippen LogP) is 2.05. The Bertz CT molecular complexity index is 161. The highest BCUT2D eigenvalue weighted by Gasteiger charge is 2.18. The van der Waals surface area contributed by atoms with Crippen molar-refractivity contribution in [2.75, 3.05) is 13.2 Å². The lowest BCUT2D eigenvalue weighted by Crippen LogP contribution is -2.38. The number of ether oxygens (including phenoxy) is 1. The van der Waals surface area contributed by atoms with Crippen LogP contribution in [0.25, 0.3) is 0 Å². The summed E-state index contributed by atoms with van der Waals surface area (Å²) in [6.45, 7) is 7.64. The van der Waals surface area contributed by atoms with Crippen LogP contribution in [0.2, 0.25) is 0 Å². The molecule has 0 aliphatic carbocycles. The van der Waals surface area contributed by atoms with Crippen LogP contribution in [-0.4, -0.2) is 25.3 Å². The van der Waals surface area contributed by atoms with Gasteiger partial charge in [-0.05, 0) is 19.8 Å². The van der Waals surface area contributed by atoms with E-state index in [-0.39, 0.29) is 0 Å². The minimum Gasteiger partial charge on any atom is -0.378 e. The molecule has 70 valence electrons. The standard InChI is InChI=1S/C9H16BrNO/c1-7(10)6-11-9-3-4-12-8(2)5-9/h8-9,11H,1,3-6H2,2H3. The van der Waals surface area contributed by atoms with Crippen LogP contribution in [0.3, 0.4) is 0 Å². The summed E-state index contributed by atoms with van der Waals surface area (Å²) < 4.78 is 6.46. The van der Waals surface area contributed by atoms with Crippen molar-refractivity contribution in [3.05, 3.63) is 11.1 Å². The molecule has 2 unspecified atom stereocenters.